The van der Waals surface area contributed by atoms with Crippen LogP contribution < -0.4 is 0 Å². The SMILES string of the molecule is O=C(c1ccc2ncccc2c1)N(Cc1ccnn1-c1ccccc1)C1CCCc2ccccc21. The lowest BCUT2D eigenvalue weighted by Crippen LogP contribution is -2.37. The van der Waals surface area contributed by atoms with Gasteiger partial charge in [-0.25, -0.2) is 4.68 Å². The number of para-hydroxylation sites is 1. The van der Waals surface area contributed by atoms with Crippen molar-refractivity contribution in [1.29, 1.82) is 0 Å². The second-order valence-electron chi connectivity index (χ2n) is 9.02. The summed E-state index contributed by atoms with van der Waals surface area (Å²) in [4.78, 5) is 20.6. The summed E-state index contributed by atoms with van der Waals surface area (Å²) in [5.41, 5.74) is 6.12. The van der Waals surface area contributed by atoms with Crippen LogP contribution >= 0.6 is 0 Å². The average molecular weight is 459 g/mol. The lowest BCUT2D eigenvalue weighted by atomic mass is 9.86. The molecule has 172 valence electrons. The van der Waals surface area contributed by atoms with Crippen LogP contribution in [0.2, 0.25) is 0 Å². The quantitative estimate of drug-likeness (QED) is 0.318. The Kier molecular flexibility index (Phi) is 5.59. The number of hydrogen-bond acceptors (Lipinski definition) is 3. The molecular formula is C30H26N4O. The van der Waals surface area contributed by atoms with Gasteiger partial charge in [-0.2, -0.15) is 5.10 Å². The van der Waals surface area contributed by atoms with Crippen molar-refractivity contribution >= 4 is 16.8 Å². The van der Waals surface area contributed by atoms with Gasteiger partial charge in [-0.15, -0.1) is 0 Å². The molecule has 1 atom stereocenters. The maximum atomic E-state index is 14.1. The standard InChI is InChI=1S/C30H26N4O/c35-30(24-15-16-28-23(20-24)10-7-18-31-28)33(29-14-6-9-22-8-4-5-13-27(22)29)21-26-17-19-32-34(26)25-11-2-1-3-12-25/h1-5,7-8,10-13,15-20,29H,6,9,14,21H2. The molecule has 0 bridgehead atoms. The number of pyridine rings is 1. The van der Waals surface area contributed by atoms with Crippen LogP contribution in [0.25, 0.3) is 16.6 Å². The molecule has 2 heterocycles. The van der Waals surface area contributed by atoms with Crippen LogP contribution in [-0.2, 0) is 13.0 Å². The van der Waals surface area contributed by atoms with E-state index in [4.69, 9.17) is 0 Å². The number of carbonyl (C=O) groups is 1. The number of benzene rings is 3. The minimum absolute atomic E-state index is 0.0103. The molecular weight excluding hydrogens is 432 g/mol. The number of carbonyl (C=O) groups excluding carboxylic acids is 1. The molecule has 1 aliphatic rings. The second kappa shape index (κ2) is 9.18. The Hall–Kier alpha value is -4.25. The first-order valence-electron chi connectivity index (χ1n) is 12.1. The van der Waals surface area contributed by atoms with Crippen LogP contribution in [0.5, 0.6) is 0 Å². The molecule has 0 saturated heterocycles. The van der Waals surface area contributed by atoms with Gasteiger partial charge in [0, 0.05) is 23.3 Å². The van der Waals surface area contributed by atoms with Gasteiger partial charge in [0.1, 0.15) is 0 Å². The molecule has 5 aromatic rings. The third-order valence-electron chi connectivity index (χ3n) is 6.88. The summed E-state index contributed by atoms with van der Waals surface area (Å²) in [6, 6.07) is 30.3. The van der Waals surface area contributed by atoms with Crippen LogP contribution in [-0.4, -0.2) is 25.6 Å². The first-order valence-corrected chi connectivity index (χ1v) is 12.1. The molecule has 0 saturated carbocycles. The number of nitrogens with zero attached hydrogens (tertiary/aromatic N) is 4. The summed E-state index contributed by atoms with van der Waals surface area (Å²) in [5, 5.41) is 5.54. The molecule has 1 aliphatic carbocycles. The van der Waals surface area contributed by atoms with E-state index in [1.165, 1.54) is 11.1 Å². The van der Waals surface area contributed by atoms with E-state index >= 15 is 0 Å². The number of rotatable bonds is 5. The predicted molar refractivity (Wildman–Crippen MR) is 137 cm³/mol. The minimum atomic E-state index is 0.0103. The highest BCUT2D eigenvalue weighted by Crippen LogP contribution is 2.36. The van der Waals surface area contributed by atoms with Gasteiger partial charge in [-0.1, -0.05) is 48.5 Å². The number of aryl methyl sites for hydroxylation is 1. The summed E-state index contributed by atoms with van der Waals surface area (Å²) >= 11 is 0. The molecule has 35 heavy (non-hydrogen) atoms. The third-order valence-corrected chi connectivity index (χ3v) is 6.88. The monoisotopic (exact) mass is 458 g/mol. The van der Waals surface area contributed by atoms with Crippen molar-refractivity contribution in [3.05, 3.63) is 126 Å². The van der Waals surface area contributed by atoms with Crippen LogP contribution in [0.3, 0.4) is 0 Å². The van der Waals surface area contributed by atoms with Gasteiger partial charge in [-0.05, 0) is 72.9 Å². The summed E-state index contributed by atoms with van der Waals surface area (Å²) in [5.74, 6) is 0.0262. The Morgan fingerprint density at radius 3 is 2.69 bits per heavy atom. The fourth-order valence-corrected chi connectivity index (χ4v) is 5.18. The van der Waals surface area contributed by atoms with Crippen molar-refractivity contribution in [2.24, 2.45) is 0 Å². The normalized spacial score (nSPS) is 15.0. The molecule has 5 heteroatoms. The van der Waals surface area contributed by atoms with Crippen LogP contribution in [0.4, 0.5) is 0 Å². The maximum Gasteiger partial charge on any atom is 0.254 e. The fourth-order valence-electron chi connectivity index (χ4n) is 5.18. The van der Waals surface area contributed by atoms with Crippen LogP contribution in [0, 0.1) is 0 Å². The maximum absolute atomic E-state index is 14.1. The van der Waals surface area contributed by atoms with Crippen molar-refractivity contribution in [2.45, 2.75) is 31.8 Å². The van der Waals surface area contributed by atoms with E-state index in [2.05, 4.69) is 34.3 Å². The zero-order valence-corrected chi connectivity index (χ0v) is 19.4. The van der Waals surface area contributed by atoms with E-state index < -0.39 is 0 Å². The van der Waals surface area contributed by atoms with E-state index in [0.717, 1.165) is 41.5 Å². The molecule has 2 aromatic heterocycles. The molecule has 3 aromatic carbocycles. The van der Waals surface area contributed by atoms with E-state index in [1.807, 2.05) is 82.5 Å². The smallest absolute Gasteiger partial charge is 0.254 e. The van der Waals surface area contributed by atoms with Gasteiger partial charge in [0.25, 0.3) is 5.91 Å². The summed E-state index contributed by atoms with van der Waals surface area (Å²) < 4.78 is 1.93. The number of fused-ring (bicyclic) bond motifs is 2. The largest absolute Gasteiger partial charge is 0.326 e. The van der Waals surface area contributed by atoms with Crippen molar-refractivity contribution in [1.82, 2.24) is 19.7 Å². The van der Waals surface area contributed by atoms with Gasteiger partial charge in [0.15, 0.2) is 0 Å². The highest BCUT2D eigenvalue weighted by molar-refractivity contribution is 5.98. The molecule has 6 rings (SSSR count). The van der Waals surface area contributed by atoms with E-state index in [1.54, 1.807) is 6.20 Å². The topological polar surface area (TPSA) is 51.0 Å². The highest BCUT2D eigenvalue weighted by Gasteiger charge is 2.31. The van der Waals surface area contributed by atoms with Gasteiger partial charge < -0.3 is 4.90 Å². The van der Waals surface area contributed by atoms with E-state index in [0.29, 0.717) is 12.1 Å². The third kappa shape index (κ3) is 4.10. The lowest BCUT2D eigenvalue weighted by Gasteiger charge is -2.36. The van der Waals surface area contributed by atoms with Gasteiger partial charge in [0.05, 0.1) is 29.5 Å². The fraction of sp³-hybridized carbons (Fsp3) is 0.167. The molecule has 0 radical (unpaired) electrons. The van der Waals surface area contributed by atoms with E-state index in [-0.39, 0.29) is 11.9 Å². The Balaban J connectivity index is 1.43. The van der Waals surface area contributed by atoms with Crippen molar-refractivity contribution in [2.75, 3.05) is 0 Å². The summed E-state index contributed by atoms with van der Waals surface area (Å²) in [6.45, 7) is 0.470. The van der Waals surface area contributed by atoms with Crippen LogP contribution in [0.1, 0.15) is 46.1 Å². The molecule has 0 spiro atoms. The first-order chi connectivity index (χ1) is 17.3. The second-order valence-corrected chi connectivity index (χ2v) is 9.02. The number of hydrogen-bond donors (Lipinski definition) is 0. The minimum Gasteiger partial charge on any atom is -0.326 e. The summed E-state index contributed by atoms with van der Waals surface area (Å²) in [6.07, 6.45) is 6.64. The highest BCUT2D eigenvalue weighted by atomic mass is 16.2. The Bertz CT molecular complexity index is 1490. The summed E-state index contributed by atoms with van der Waals surface area (Å²) in [7, 11) is 0. The molecule has 1 amide bonds. The Morgan fingerprint density at radius 2 is 1.77 bits per heavy atom. The number of amides is 1. The predicted octanol–water partition coefficient (Wildman–Crippen LogP) is 6.14. The number of aromatic nitrogens is 3. The molecule has 1 unspecified atom stereocenters. The van der Waals surface area contributed by atoms with Gasteiger partial charge in [0.2, 0.25) is 0 Å². The van der Waals surface area contributed by atoms with Crippen molar-refractivity contribution < 1.29 is 4.79 Å². The zero-order chi connectivity index (χ0) is 23.6. The Labute approximate surface area is 204 Å². The molecule has 5 nitrogen and oxygen atoms in total. The first kappa shape index (κ1) is 21.3. The van der Waals surface area contributed by atoms with E-state index in [9.17, 15) is 4.79 Å². The van der Waals surface area contributed by atoms with Crippen LogP contribution in [0.15, 0.2) is 103 Å². The van der Waals surface area contributed by atoms with Gasteiger partial charge in [-0.3, -0.25) is 9.78 Å². The Morgan fingerprint density at radius 1 is 0.914 bits per heavy atom. The lowest BCUT2D eigenvalue weighted by molar-refractivity contribution is 0.0633. The van der Waals surface area contributed by atoms with Crippen molar-refractivity contribution in [3.8, 4) is 5.69 Å². The molecule has 0 aliphatic heterocycles. The van der Waals surface area contributed by atoms with Crippen molar-refractivity contribution in [3.63, 3.8) is 0 Å². The zero-order valence-electron chi connectivity index (χ0n) is 19.4. The molecule has 0 N–H and O–H groups in total. The molecule has 0 fully saturated rings. The average Bonchev–Trinajstić information content (AvgIpc) is 3.40. The van der Waals surface area contributed by atoms with Gasteiger partial charge >= 0.3 is 0 Å².